The molecule has 1 unspecified atom stereocenters. The number of nitrogens with one attached hydrogen (secondary N) is 1. The molecule has 0 saturated heterocycles. The van der Waals surface area contributed by atoms with E-state index in [0.29, 0.717) is 6.54 Å². The van der Waals surface area contributed by atoms with Gasteiger partial charge in [-0.2, -0.15) is 0 Å². The Balaban J connectivity index is 3.02. The molecule has 0 amide bonds. The number of hydrogen-bond acceptors (Lipinski definition) is 3. The molecular formula is C8H20N2O. The first-order chi connectivity index (χ1) is 5.31. The second-order valence-electron chi connectivity index (χ2n) is 2.75. The highest BCUT2D eigenvalue weighted by molar-refractivity contribution is 4.53. The molecule has 3 nitrogen and oxygen atoms in total. The lowest BCUT2D eigenvalue weighted by molar-refractivity contribution is 0.125. The summed E-state index contributed by atoms with van der Waals surface area (Å²) in [6, 6.07) is 0. The third-order valence-electron chi connectivity index (χ3n) is 1.59. The monoisotopic (exact) mass is 160 g/mol. The average molecular weight is 160 g/mol. The van der Waals surface area contributed by atoms with Crippen LogP contribution in [0.4, 0.5) is 0 Å². The highest BCUT2D eigenvalue weighted by Crippen LogP contribution is 1.96. The van der Waals surface area contributed by atoms with Crippen LogP contribution in [-0.4, -0.2) is 24.4 Å². The first kappa shape index (κ1) is 10.9. The van der Waals surface area contributed by atoms with E-state index in [2.05, 4.69) is 12.2 Å². The van der Waals surface area contributed by atoms with Gasteiger partial charge in [0.05, 0.1) is 0 Å². The normalized spacial score (nSPS) is 13.4. The first-order valence-electron chi connectivity index (χ1n) is 4.42. The Morgan fingerprint density at radius 1 is 1.45 bits per heavy atom. The smallest absolute Gasteiger partial charge is 0.104 e. The van der Waals surface area contributed by atoms with Gasteiger partial charge >= 0.3 is 0 Å². The SMILES string of the molecule is CCCCC(O)NCCCN. The van der Waals surface area contributed by atoms with Crippen molar-refractivity contribution in [1.82, 2.24) is 5.32 Å². The fraction of sp³-hybridized carbons (Fsp3) is 1.00. The van der Waals surface area contributed by atoms with E-state index < -0.39 is 0 Å². The van der Waals surface area contributed by atoms with Gasteiger partial charge in [-0.25, -0.2) is 0 Å². The fourth-order valence-electron chi connectivity index (χ4n) is 0.870. The van der Waals surface area contributed by atoms with Gasteiger partial charge in [0.2, 0.25) is 0 Å². The number of aliphatic hydroxyl groups excluding tert-OH is 1. The van der Waals surface area contributed by atoms with Crippen molar-refractivity contribution in [2.24, 2.45) is 5.73 Å². The summed E-state index contributed by atoms with van der Waals surface area (Å²) in [4.78, 5) is 0. The molecule has 0 spiro atoms. The van der Waals surface area contributed by atoms with Crippen molar-refractivity contribution in [2.45, 2.75) is 38.8 Å². The van der Waals surface area contributed by atoms with Crippen LogP contribution in [0.2, 0.25) is 0 Å². The largest absolute Gasteiger partial charge is 0.379 e. The van der Waals surface area contributed by atoms with Crippen LogP contribution < -0.4 is 11.1 Å². The highest BCUT2D eigenvalue weighted by atomic mass is 16.3. The summed E-state index contributed by atoms with van der Waals surface area (Å²) in [5.74, 6) is 0. The van der Waals surface area contributed by atoms with E-state index in [1.807, 2.05) is 0 Å². The fourth-order valence-corrected chi connectivity index (χ4v) is 0.870. The van der Waals surface area contributed by atoms with E-state index in [4.69, 9.17) is 5.73 Å². The van der Waals surface area contributed by atoms with Crippen LogP contribution in [0, 0.1) is 0 Å². The molecular weight excluding hydrogens is 140 g/mol. The Morgan fingerprint density at radius 2 is 2.18 bits per heavy atom. The van der Waals surface area contributed by atoms with Gasteiger partial charge in [-0.05, 0) is 32.4 Å². The predicted octanol–water partition coefficient (Wildman–Crippen LogP) is 0.433. The van der Waals surface area contributed by atoms with Gasteiger partial charge in [0.1, 0.15) is 6.23 Å². The minimum absolute atomic E-state index is 0.332. The Kier molecular flexibility index (Phi) is 7.89. The Bertz CT molecular complexity index is 78.5. The molecule has 1 atom stereocenters. The molecule has 0 fully saturated rings. The summed E-state index contributed by atoms with van der Waals surface area (Å²) in [5.41, 5.74) is 5.29. The van der Waals surface area contributed by atoms with Crippen LogP contribution in [0.15, 0.2) is 0 Å². The van der Waals surface area contributed by atoms with E-state index in [-0.39, 0.29) is 6.23 Å². The second kappa shape index (κ2) is 7.98. The summed E-state index contributed by atoms with van der Waals surface area (Å²) in [5, 5.41) is 12.2. The molecule has 0 aliphatic heterocycles. The topological polar surface area (TPSA) is 58.3 Å². The van der Waals surface area contributed by atoms with Crippen molar-refractivity contribution >= 4 is 0 Å². The van der Waals surface area contributed by atoms with Crippen molar-refractivity contribution in [1.29, 1.82) is 0 Å². The van der Waals surface area contributed by atoms with Gasteiger partial charge in [-0.15, -0.1) is 0 Å². The molecule has 0 rings (SSSR count). The molecule has 11 heavy (non-hydrogen) atoms. The van der Waals surface area contributed by atoms with Crippen molar-refractivity contribution in [3.63, 3.8) is 0 Å². The lowest BCUT2D eigenvalue weighted by Crippen LogP contribution is -2.30. The van der Waals surface area contributed by atoms with Gasteiger partial charge in [-0.1, -0.05) is 13.3 Å². The van der Waals surface area contributed by atoms with Crippen molar-refractivity contribution in [3.8, 4) is 0 Å². The summed E-state index contributed by atoms with van der Waals surface area (Å²) in [6.07, 6.45) is 3.66. The van der Waals surface area contributed by atoms with Crippen molar-refractivity contribution in [3.05, 3.63) is 0 Å². The van der Waals surface area contributed by atoms with E-state index in [1.165, 1.54) is 0 Å². The predicted molar refractivity (Wildman–Crippen MR) is 47.2 cm³/mol. The minimum atomic E-state index is -0.332. The van der Waals surface area contributed by atoms with Gasteiger partial charge < -0.3 is 10.8 Å². The summed E-state index contributed by atoms with van der Waals surface area (Å²) in [7, 11) is 0. The summed E-state index contributed by atoms with van der Waals surface area (Å²) >= 11 is 0. The number of aliphatic hydroxyl groups is 1. The Labute approximate surface area is 69.0 Å². The first-order valence-corrected chi connectivity index (χ1v) is 4.42. The molecule has 0 aromatic heterocycles. The van der Waals surface area contributed by atoms with Gasteiger partial charge in [0.25, 0.3) is 0 Å². The highest BCUT2D eigenvalue weighted by Gasteiger charge is 1.99. The zero-order valence-corrected chi connectivity index (χ0v) is 7.34. The van der Waals surface area contributed by atoms with Crippen molar-refractivity contribution < 1.29 is 5.11 Å². The molecule has 68 valence electrons. The molecule has 0 radical (unpaired) electrons. The zero-order chi connectivity index (χ0) is 8.53. The molecule has 0 aliphatic rings. The van der Waals surface area contributed by atoms with Crippen molar-refractivity contribution in [2.75, 3.05) is 13.1 Å². The number of nitrogens with two attached hydrogens (primary N) is 1. The minimum Gasteiger partial charge on any atom is -0.379 e. The number of unbranched alkanes of at least 4 members (excludes halogenated alkanes) is 1. The zero-order valence-electron chi connectivity index (χ0n) is 7.34. The maximum absolute atomic E-state index is 9.25. The third-order valence-corrected chi connectivity index (χ3v) is 1.59. The number of rotatable bonds is 7. The molecule has 4 N–H and O–H groups in total. The van der Waals surface area contributed by atoms with Crippen LogP contribution in [0.25, 0.3) is 0 Å². The van der Waals surface area contributed by atoms with Crippen LogP contribution in [0.5, 0.6) is 0 Å². The summed E-state index contributed by atoms with van der Waals surface area (Å²) < 4.78 is 0. The Morgan fingerprint density at radius 3 is 2.73 bits per heavy atom. The van der Waals surface area contributed by atoms with Gasteiger partial charge in [0.15, 0.2) is 0 Å². The standard InChI is InChI=1S/C8H20N2O/c1-2-3-5-8(11)10-7-4-6-9/h8,10-11H,2-7,9H2,1H3. The second-order valence-corrected chi connectivity index (χ2v) is 2.75. The van der Waals surface area contributed by atoms with Crippen LogP contribution in [-0.2, 0) is 0 Å². The molecule has 0 aromatic carbocycles. The molecule has 0 heterocycles. The maximum Gasteiger partial charge on any atom is 0.104 e. The van der Waals surface area contributed by atoms with Gasteiger partial charge in [0, 0.05) is 0 Å². The lowest BCUT2D eigenvalue weighted by atomic mass is 10.2. The lowest BCUT2D eigenvalue weighted by Gasteiger charge is -2.10. The molecule has 0 aliphatic carbocycles. The average Bonchev–Trinajstić information content (AvgIpc) is 2.01. The van der Waals surface area contributed by atoms with Crippen LogP contribution in [0.3, 0.4) is 0 Å². The third kappa shape index (κ3) is 7.78. The van der Waals surface area contributed by atoms with Crippen LogP contribution >= 0.6 is 0 Å². The van der Waals surface area contributed by atoms with E-state index in [1.54, 1.807) is 0 Å². The molecule has 3 heteroatoms. The maximum atomic E-state index is 9.25. The molecule has 0 saturated carbocycles. The van der Waals surface area contributed by atoms with Crippen LogP contribution in [0.1, 0.15) is 32.6 Å². The Hall–Kier alpha value is -0.120. The van der Waals surface area contributed by atoms with E-state index >= 15 is 0 Å². The van der Waals surface area contributed by atoms with E-state index in [0.717, 1.165) is 32.2 Å². The quantitative estimate of drug-likeness (QED) is 0.374. The molecule has 0 bridgehead atoms. The van der Waals surface area contributed by atoms with Gasteiger partial charge in [-0.3, -0.25) is 5.32 Å². The number of hydrogen-bond donors (Lipinski definition) is 3. The van der Waals surface area contributed by atoms with E-state index in [9.17, 15) is 5.11 Å². The molecule has 0 aromatic rings. The summed E-state index contributed by atoms with van der Waals surface area (Å²) in [6.45, 7) is 3.63.